The molecule has 0 bridgehead atoms. The Balaban J connectivity index is 2.23. The number of esters is 1. The van der Waals surface area contributed by atoms with Gasteiger partial charge in [-0.2, -0.15) is 0 Å². The second-order valence-corrected chi connectivity index (χ2v) is 8.06. The maximum atomic E-state index is 13.1. The average molecular weight is 418 g/mol. The second kappa shape index (κ2) is 6.87. The highest BCUT2D eigenvalue weighted by molar-refractivity contribution is 6.06. The number of aryl methyl sites for hydroxylation is 4. The smallest absolute Gasteiger partial charge is 0.341 e. The Hall–Kier alpha value is -3.80. The number of hydrogen-bond acceptors (Lipinski definition) is 5. The summed E-state index contributed by atoms with van der Waals surface area (Å²) in [5.41, 5.74) is 1.55. The fraction of sp³-hybridized carbons (Fsp3) is 0.200. The van der Waals surface area contributed by atoms with Gasteiger partial charge in [-0.25, -0.2) is 9.59 Å². The summed E-state index contributed by atoms with van der Waals surface area (Å²) in [6.07, 6.45) is 0. The monoisotopic (exact) mass is 418 g/mol. The molecule has 0 saturated heterocycles. The lowest BCUT2D eigenvalue weighted by molar-refractivity contribution is 0.0236. The first kappa shape index (κ1) is 20.5. The molecule has 0 aromatic heterocycles. The van der Waals surface area contributed by atoms with Crippen LogP contribution in [-0.2, 0) is 10.3 Å². The summed E-state index contributed by atoms with van der Waals surface area (Å²) in [5, 5.41) is 31.7. The second-order valence-electron chi connectivity index (χ2n) is 8.06. The van der Waals surface area contributed by atoms with Crippen molar-refractivity contribution in [2.75, 3.05) is 0 Å². The SMILES string of the molecule is Cc1cc(C)c(O)c(C2(c3cc(C)cc(C)c3O)OC(=O)c3c(C(=O)O)cccc32)c1. The molecular formula is C25H22O6. The molecule has 0 radical (unpaired) electrons. The molecule has 0 unspecified atom stereocenters. The largest absolute Gasteiger partial charge is 0.507 e. The number of phenolic OH excluding ortho intramolecular Hbond substituents is 2. The van der Waals surface area contributed by atoms with Gasteiger partial charge in [0.15, 0.2) is 5.60 Å². The Bertz CT molecular complexity index is 1210. The summed E-state index contributed by atoms with van der Waals surface area (Å²) in [6.45, 7) is 7.14. The lowest BCUT2D eigenvalue weighted by Gasteiger charge is -2.32. The maximum absolute atomic E-state index is 13.1. The Morgan fingerprint density at radius 1 is 0.839 bits per heavy atom. The number of benzene rings is 3. The van der Waals surface area contributed by atoms with Gasteiger partial charge in [0.1, 0.15) is 11.5 Å². The predicted molar refractivity (Wildman–Crippen MR) is 114 cm³/mol. The van der Waals surface area contributed by atoms with Gasteiger partial charge in [0, 0.05) is 16.7 Å². The Labute approximate surface area is 179 Å². The van der Waals surface area contributed by atoms with Gasteiger partial charge < -0.3 is 20.1 Å². The number of ether oxygens (including phenoxy) is 1. The molecule has 31 heavy (non-hydrogen) atoms. The summed E-state index contributed by atoms with van der Waals surface area (Å²) < 4.78 is 5.94. The quantitative estimate of drug-likeness (QED) is 0.542. The summed E-state index contributed by atoms with van der Waals surface area (Å²) in [5.74, 6) is -2.28. The predicted octanol–water partition coefficient (Wildman–Crippen LogP) is 4.49. The first-order valence-corrected chi connectivity index (χ1v) is 9.79. The zero-order valence-corrected chi connectivity index (χ0v) is 17.6. The van der Waals surface area contributed by atoms with Gasteiger partial charge in [0.2, 0.25) is 0 Å². The van der Waals surface area contributed by atoms with E-state index >= 15 is 0 Å². The summed E-state index contributed by atoms with van der Waals surface area (Å²) in [4.78, 5) is 24.9. The van der Waals surface area contributed by atoms with Crippen molar-refractivity contribution in [1.29, 1.82) is 0 Å². The van der Waals surface area contributed by atoms with Gasteiger partial charge >= 0.3 is 11.9 Å². The van der Waals surface area contributed by atoms with Crippen LogP contribution in [0.2, 0.25) is 0 Å². The highest BCUT2D eigenvalue weighted by Gasteiger charge is 2.53. The van der Waals surface area contributed by atoms with Gasteiger partial charge in [-0.1, -0.05) is 35.4 Å². The molecule has 0 atom stereocenters. The van der Waals surface area contributed by atoms with Crippen LogP contribution in [0.4, 0.5) is 0 Å². The summed E-state index contributed by atoms with van der Waals surface area (Å²) >= 11 is 0. The number of fused-ring (bicyclic) bond motifs is 1. The number of carbonyl (C=O) groups is 2. The van der Waals surface area contributed by atoms with Crippen molar-refractivity contribution in [3.63, 3.8) is 0 Å². The third kappa shape index (κ3) is 2.86. The molecule has 1 aliphatic heterocycles. The van der Waals surface area contributed by atoms with E-state index in [0.29, 0.717) is 11.1 Å². The number of aromatic hydroxyl groups is 2. The molecule has 6 heteroatoms. The number of carboxylic acid groups (broad SMARTS) is 1. The number of carboxylic acids is 1. The van der Waals surface area contributed by atoms with Crippen LogP contribution in [0.1, 0.15) is 59.7 Å². The van der Waals surface area contributed by atoms with E-state index in [1.165, 1.54) is 12.1 Å². The fourth-order valence-electron chi connectivity index (χ4n) is 4.49. The van der Waals surface area contributed by atoms with Crippen LogP contribution in [0, 0.1) is 27.7 Å². The van der Waals surface area contributed by atoms with E-state index in [-0.39, 0.29) is 39.3 Å². The first-order chi connectivity index (χ1) is 14.6. The molecule has 3 aromatic carbocycles. The molecule has 3 aromatic rings. The molecule has 1 aliphatic rings. The molecule has 0 fully saturated rings. The van der Waals surface area contributed by atoms with Gasteiger partial charge in [-0.3, -0.25) is 0 Å². The van der Waals surface area contributed by atoms with E-state index in [1.807, 2.05) is 13.8 Å². The van der Waals surface area contributed by atoms with Crippen LogP contribution in [0.15, 0.2) is 42.5 Å². The van der Waals surface area contributed by atoms with Gasteiger partial charge in [0.05, 0.1) is 11.1 Å². The van der Waals surface area contributed by atoms with E-state index in [0.717, 1.165) is 11.1 Å². The van der Waals surface area contributed by atoms with E-state index in [9.17, 15) is 24.9 Å². The lowest BCUT2D eigenvalue weighted by Crippen LogP contribution is -2.30. The third-order valence-electron chi connectivity index (χ3n) is 5.77. The Morgan fingerprint density at radius 2 is 1.35 bits per heavy atom. The number of carbonyl (C=O) groups excluding carboxylic acids is 1. The minimum Gasteiger partial charge on any atom is -0.507 e. The van der Waals surface area contributed by atoms with E-state index in [1.54, 1.807) is 44.2 Å². The molecule has 1 heterocycles. The van der Waals surface area contributed by atoms with Crippen LogP contribution in [0.5, 0.6) is 11.5 Å². The topological polar surface area (TPSA) is 104 Å². The molecule has 3 N–H and O–H groups in total. The van der Waals surface area contributed by atoms with Gasteiger partial charge in [0.25, 0.3) is 0 Å². The third-order valence-corrected chi connectivity index (χ3v) is 5.77. The van der Waals surface area contributed by atoms with Crippen molar-refractivity contribution in [3.8, 4) is 11.5 Å². The molecule has 6 nitrogen and oxygen atoms in total. The lowest BCUT2D eigenvalue weighted by atomic mass is 9.76. The van der Waals surface area contributed by atoms with Crippen LogP contribution < -0.4 is 0 Å². The zero-order valence-electron chi connectivity index (χ0n) is 17.6. The van der Waals surface area contributed by atoms with Crippen molar-refractivity contribution in [3.05, 3.63) is 92.5 Å². The number of hydrogen-bond donors (Lipinski definition) is 3. The van der Waals surface area contributed by atoms with Crippen molar-refractivity contribution in [2.24, 2.45) is 0 Å². The van der Waals surface area contributed by atoms with Crippen LogP contribution >= 0.6 is 0 Å². The normalized spacial score (nSPS) is 14.3. The minimum absolute atomic E-state index is 0.0906. The molecule has 0 amide bonds. The molecule has 0 saturated carbocycles. The van der Waals surface area contributed by atoms with E-state index in [4.69, 9.17) is 4.74 Å². The fourth-order valence-corrected chi connectivity index (χ4v) is 4.49. The zero-order chi connectivity index (χ0) is 22.7. The number of rotatable bonds is 3. The summed E-state index contributed by atoms with van der Waals surface area (Å²) in [6, 6.07) is 11.4. The molecular weight excluding hydrogens is 396 g/mol. The van der Waals surface area contributed by atoms with Crippen LogP contribution in [0.25, 0.3) is 0 Å². The highest BCUT2D eigenvalue weighted by Crippen LogP contribution is 2.53. The standard InChI is InChI=1S/C25H22O6/c1-12-8-14(3)21(26)18(10-12)25(19-11-13(2)9-15(4)22(19)27)17-7-5-6-16(23(28)29)20(17)24(30)31-25/h5-11,26-27H,1-4H3,(H,28,29). The van der Waals surface area contributed by atoms with Crippen molar-refractivity contribution < 1.29 is 29.6 Å². The minimum atomic E-state index is -1.71. The number of cyclic esters (lactones) is 1. The van der Waals surface area contributed by atoms with Gasteiger partial charge in [-0.15, -0.1) is 0 Å². The van der Waals surface area contributed by atoms with E-state index in [2.05, 4.69) is 0 Å². The molecule has 158 valence electrons. The Morgan fingerprint density at radius 3 is 1.84 bits per heavy atom. The Kier molecular flexibility index (Phi) is 4.54. The maximum Gasteiger partial charge on any atom is 0.341 e. The molecule has 0 spiro atoms. The molecule has 4 rings (SSSR count). The van der Waals surface area contributed by atoms with Crippen molar-refractivity contribution >= 4 is 11.9 Å². The number of aromatic carboxylic acids is 1. The highest BCUT2D eigenvalue weighted by atomic mass is 16.6. The van der Waals surface area contributed by atoms with Gasteiger partial charge in [-0.05, 0) is 57.0 Å². The average Bonchev–Trinajstić information content (AvgIpc) is 3.01. The number of phenols is 2. The van der Waals surface area contributed by atoms with Crippen LogP contribution in [0.3, 0.4) is 0 Å². The van der Waals surface area contributed by atoms with Crippen molar-refractivity contribution in [2.45, 2.75) is 33.3 Å². The summed E-state index contributed by atoms with van der Waals surface area (Å²) in [7, 11) is 0. The van der Waals surface area contributed by atoms with Crippen LogP contribution in [-0.4, -0.2) is 27.3 Å². The first-order valence-electron chi connectivity index (χ1n) is 9.79. The molecule has 0 aliphatic carbocycles. The van der Waals surface area contributed by atoms with Crippen molar-refractivity contribution in [1.82, 2.24) is 0 Å². The van der Waals surface area contributed by atoms with E-state index < -0.39 is 17.5 Å².